The van der Waals surface area contributed by atoms with E-state index < -0.39 is 0 Å². The molecular weight excluding hydrogens is 502 g/mol. The molecule has 2 amide bonds. The van der Waals surface area contributed by atoms with Crippen molar-refractivity contribution >= 4 is 46.9 Å². The van der Waals surface area contributed by atoms with Crippen LogP contribution in [0.1, 0.15) is 41.3 Å². The number of carbonyl (C=O) groups is 2. The molecule has 0 aromatic heterocycles. The second kappa shape index (κ2) is 11.5. The highest BCUT2D eigenvalue weighted by Gasteiger charge is 2.29. The Bertz CT molecular complexity index is 1320. The molecule has 5 rings (SSSR count). The van der Waals surface area contributed by atoms with Crippen molar-refractivity contribution in [2.45, 2.75) is 37.2 Å². The maximum absolute atomic E-state index is 13.6. The summed E-state index contributed by atoms with van der Waals surface area (Å²) >= 11 is 7.66. The molecular formula is C30H30ClN3O2S. The number of benzene rings is 3. The Kier molecular flexibility index (Phi) is 7.99. The second-order valence-electron chi connectivity index (χ2n) is 9.36. The van der Waals surface area contributed by atoms with Crippen molar-refractivity contribution < 1.29 is 9.59 Å². The molecule has 0 spiro atoms. The minimum Gasteiger partial charge on any atom is -0.350 e. The van der Waals surface area contributed by atoms with Crippen molar-refractivity contribution in [1.29, 1.82) is 0 Å². The van der Waals surface area contributed by atoms with Gasteiger partial charge in [-0.2, -0.15) is 0 Å². The van der Waals surface area contributed by atoms with Crippen molar-refractivity contribution in [3.8, 4) is 0 Å². The third-order valence-corrected chi connectivity index (χ3v) is 8.25. The number of likely N-dealkylation sites (tertiary alicyclic amines) is 1. The Labute approximate surface area is 227 Å². The first-order valence-corrected chi connectivity index (χ1v) is 13.9. The summed E-state index contributed by atoms with van der Waals surface area (Å²) in [7, 11) is 0. The fourth-order valence-corrected chi connectivity index (χ4v) is 6.25. The van der Waals surface area contributed by atoms with Crippen molar-refractivity contribution in [3.05, 3.63) is 99.4 Å². The minimum absolute atomic E-state index is 0.0532. The van der Waals surface area contributed by atoms with Gasteiger partial charge in [-0.15, -0.1) is 0 Å². The van der Waals surface area contributed by atoms with Gasteiger partial charge in [0, 0.05) is 28.1 Å². The number of thioether (sulfide) groups is 1. The van der Waals surface area contributed by atoms with Crippen LogP contribution in [-0.2, 0) is 11.3 Å². The van der Waals surface area contributed by atoms with Crippen LogP contribution in [0.3, 0.4) is 0 Å². The fourth-order valence-electron chi connectivity index (χ4n) is 4.97. The summed E-state index contributed by atoms with van der Waals surface area (Å²) in [6.45, 7) is 5.40. The summed E-state index contributed by atoms with van der Waals surface area (Å²) in [4.78, 5) is 32.1. The smallest absolute Gasteiger partial charge is 0.265 e. The van der Waals surface area contributed by atoms with E-state index in [2.05, 4.69) is 17.1 Å². The number of halogens is 1. The van der Waals surface area contributed by atoms with Crippen molar-refractivity contribution in [2.75, 3.05) is 24.5 Å². The number of rotatable bonds is 7. The monoisotopic (exact) mass is 531 g/mol. The number of hydrogen-bond donors (Lipinski definition) is 1. The molecule has 2 heterocycles. The van der Waals surface area contributed by atoms with Crippen LogP contribution in [0.15, 0.2) is 82.6 Å². The molecule has 190 valence electrons. The molecule has 3 aromatic carbocycles. The SMILES string of the molecule is CCN1CCCC1CNC(=O)c1ccc(/C=C2/Sc3ccccc3N(Cc3cccc(Cl)c3)C2=O)cc1. The summed E-state index contributed by atoms with van der Waals surface area (Å²) in [5, 5.41) is 3.74. The van der Waals surface area contributed by atoms with E-state index >= 15 is 0 Å². The molecule has 0 saturated carbocycles. The number of nitrogens with zero attached hydrogens (tertiary/aromatic N) is 2. The summed E-state index contributed by atoms with van der Waals surface area (Å²) in [5.74, 6) is -0.116. The minimum atomic E-state index is -0.0631. The highest BCUT2D eigenvalue weighted by Crippen LogP contribution is 2.42. The molecule has 2 aliphatic heterocycles. The molecule has 37 heavy (non-hydrogen) atoms. The number of amides is 2. The van der Waals surface area contributed by atoms with Crippen LogP contribution >= 0.6 is 23.4 Å². The number of para-hydroxylation sites is 1. The zero-order chi connectivity index (χ0) is 25.8. The number of likely N-dealkylation sites (N-methyl/N-ethyl adjacent to an activating group) is 1. The van der Waals surface area contributed by atoms with Gasteiger partial charge < -0.3 is 10.2 Å². The molecule has 5 nitrogen and oxygen atoms in total. The zero-order valence-corrected chi connectivity index (χ0v) is 22.4. The van der Waals surface area contributed by atoms with Crippen molar-refractivity contribution in [2.24, 2.45) is 0 Å². The Morgan fingerprint density at radius 2 is 1.92 bits per heavy atom. The van der Waals surface area contributed by atoms with Crippen molar-refractivity contribution in [3.63, 3.8) is 0 Å². The number of fused-ring (bicyclic) bond motifs is 1. The first kappa shape index (κ1) is 25.6. The fraction of sp³-hybridized carbons (Fsp3) is 0.267. The van der Waals surface area contributed by atoms with Crippen molar-refractivity contribution in [1.82, 2.24) is 10.2 Å². The van der Waals surface area contributed by atoms with Gasteiger partial charge >= 0.3 is 0 Å². The van der Waals surface area contributed by atoms with Gasteiger partial charge in [-0.05, 0) is 79.5 Å². The van der Waals surface area contributed by atoms with Gasteiger partial charge in [0.15, 0.2) is 0 Å². The molecule has 0 bridgehead atoms. The van der Waals surface area contributed by atoms with Gasteiger partial charge in [0.1, 0.15) is 0 Å². The van der Waals surface area contributed by atoms with Gasteiger partial charge in [0.2, 0.25) is 0 Å². The molecule has 3 aromatic rings. The lowest BCUT2D eigenvalue weighted by molar-refractivity contribution is -0.114. The lowest BCUT2D eigenvalue weighted by atomic mass is 10.1. The Hall–Kier alpha value is -3.06. The number of anilines is 1. The van der Waals surface area contributed by atoms with E-state index in [1.165, 1.54) is 18.2 Å². The summed E-state index contributed by atoms with van der Waals surface area (Å²) < 4.78 is 0. The lowest BCUT2D eigenvalue weighted by Crippen LogP contribution is -2.40. The highest BCUT2D eigenvalue weighted by atomic mass is 35.5. The average molecular weight is 532 g/mol. The van der Waals surface area contributed by atoms with Crippen LogP contribution in [0.2, 0.25) is 5.02 Å². The number of nitrogens with one attached hydrogen (secondary N) is 1. The predicted octanol–water partition coefficient (Wildman–Crippen LogP) is 6.23. The summed E-state index contributed by atoms with van der Waals surface area (Å²) in [5.41, 5.74) is 3.36. The molecule has 0 aliphatic carbocycles. The van der Waals surface area contributed by atoms with E-state index in [4.69, 9.17) is 11.6 Å². The standard InChI is InChI=1S/C30H30ClN3O2S/c1-2-33-16-6-9-25(33)19-32-29(35)23-14-12-21(13-15-23)18-28-30(36)34(20-22-7-5-8-24(31)17-22)26-10-3-4-11-27(26)37-28/h3-5,7-8,10-15,17-18,25H,2,6,9,16,19-20H2,1H3,(H,32,35)/b28-18+. The van der Waals surface area contributed by atoms with E-state index in [-0.39, 0.29) is 11.8 Å². The summed E-state index contributed by atoms with van der Waals surface area (Å²) in [6, 6.07) is 23.4. The van der Waals surface area contributed by atoms with Crippen LogP contribution in [0, 0.1) is 0 Å². The third kappa shape index (κ3) is 5.93. The molecule has 0 radical (unpaired) electrons. The molecule has 1 fully saturated rings. The van der Waals surface area contributed by atoms with Gasteiger partial charge in [0.05, 0.1) is 17.1 Å². The molecule has 1 N–H and O–H groups in total. The molecule has 1 saturated heterocycles. The largest absolute Gasteiger partial charge is 0.350 e. The molecule has 2 aliphatic rings. The quantitative estimate of drug-likeness (QED) is 0.367. The Morgan fingerprint density at radius 3 is 2.70 bits per heavy atom. The van der Waals surface area contributed by atoms with E-state index in [0.717, 1.165) is 41.2 Å². The zero-order valence-electron chi connectivity index (χ0n) is 20.8. The topological polar surface area (TPSA) is 52.7 Å². The van der Waals surface area contributed by atoms with Crippen LogP contribution in [0.25, 0.3) is 6.08 Å². The normalized spacial score (nSPS) is 18.8. The van der Waals surface area contributed by atoms with E-state index in [0.29, 0.717) is 34.6 Å². The van der Waals surface area contributed by atoms with Gasteiger partial charge in [-0.1, -0.05) is 66.7 Å². The first-order chi connectivity index (χ1) is 18.0. The van der Waals surface area contributed by atoms with E-state index in [1.807, 2.05) is 78.9 Å². The maximum Gasteiger partial charge on any atom is 0.265 e. The maximum atomic E-state index is 13.6. The van der Waals surface area contributed by atoms with Crippen LogP contribution in [0.5, 0.6) is 0 Å². The van der Waals surface area contributed by atoms with Crippen LogP contribution in [0.4, 0.5) is 5.69 Å². The van der Waals surface area contributed by atoms with Gasteiger partial charge in [-0.25, -0.2) is 0 Å². The Morgan fingerprint density at radius 1 is 1.11 bits per heavy atom. The third-order valence-electron chi connectivity index (χ3n) is 6.94. The van der Waals surface area contributed by atoms with Crippen LogP contribution in [-0.4, -0.2) is 42.4 Å². The summed E-state index contributed by atoms with van der Waals surface area (Å²) in [6.07, 6.45) is 4.21. The average Bonchev–Trinajstić information content (AvgIpc) is 3.38. The molecule has 1 atom stereocenters. The first-order valence-electron chi connectivity index (χ1n) is 12.7. The van der Waals surface area contributed by atoms with E-state index in [9.17, 15) is 9.59 Å². The van der Waals surface area contributed by atoms with Gasteiger partial charge in [-0.3, -0.25) is 14.5 Å². The molecule has 1 unspecified atom stereocenters. The lowest BCUT2D eigenvalue weighted by Gasteiger charge is -2.30. The highest BCUT2D eigenvalue weighted by molar-refractivity contribution is 8.04. The molecule has 7 heteroatoms. The second-order valence-corrected chi connectivity index (χ2v) is 10.9. The number of hydrogen-bond acceptors (Lipinski definition) is 4. The van der Waals surface area contributed by atoms with Crippen LogP contribution < -0.4 is 10.2 Å². The number of carbonyl (C=O) groups excluding carboxylic acids is 2. The Balaban J connectivity index is 1.31. The van der Waals surface area contributed by atoms with Gasteiger partial charge in [0.25, 0.3) is 11.8 Å². The predicted molar refractivity (Wildman–Crippen MR) is 152 cm³/mol. The van der Waals surface area contributed by atoms with E-state index in [1.54, 1.807) is 4.90 Å².